The van der Waals surface area contributed by atoms with Crippen molar-refractivity contribution in [3.63, 3.8) is 0 Å². The lowest BCUT2D eigenvalue weighted by molar-refractivity contribution is -0.137. The number of hydrogen-bond donors (Lipinski definition) is 2. The summed E-state index contributed by atoms with van der Waals surface area (Å²) in [4.78, 5) is 25.9. The summed E-state index contributed by atoms with van der Waals surface area (Å²) in [6.45, 7) is 2.54. The number of benzene rings is 2. The molecule has 2 heterocycles. The van der Waals surface area contributed by atoms with Crippen molar-refractivity contribution in [2.75, 3.05) is 16.8 Å². The predicted molar refractivity (Wildman–Crippen MR) is 129 cm³/mol. The van der Waals surface area contributed by atoms with E-state index < -0.39 is 18.2 Å². The summed E-state index contributed by atoms with van der Waals surface area (Å²) in [7, 11) is 0. The van der Waals surface area contributed by atoms with Crippen LogP contribution in [0, 0.1) is 11.3 Å². The first-order chi connectivity index (χ1) is 17.0. The zero-order chi connectivity index (χ0) is 24.8. The van der Waals surface area contributed by atoms with Gasteiger partial charge in [-0.2, -0.15) is 5.26 Å². The highest BCUT2D eigenvalue weighted by Gasteiger charge is 2.26. The van der Waals surface area contributed by atoms with Crippen LogP contribution >= 0.6 is 0 Å². The van der Waals surface area contributed by atoms with Gasteiger partial charge in [0.1, 0.15) is 12.2 Å². The normalized spacial score (nSPS) is 16.2. The van der Waals surface area contributed by atoms with E-state index >= 15 is 0 Å². The van der Waals surface area contributed by atoms with Crippen LogP contribution in [-0.2, 0) is 9.53 Å². The first-order valence-electron chi connectivity index (χ1n) is 11.5. The topological polar surface area (TPSA) is 129 Å². The molecule has 2 unspecified atom stereocenters. The van der Waals surface area contributed by atoms with E-state index in [1.807, 2.05) is 48.5 Å². The van der Waals surface area contributed by atoms with E-state index in [0.717, 1.165) is 37.1 Å². The monoisotopic (exact) mass is 474 g/mol. The Kier molecular flexibility index (Phi) is 7.31. The molecule has 0 spiro atoms. The maximum Gasteiger partial charge on any atom is 0.414 e. The lowest BCUT2D eigenvalue weighted by Crippen LogP contribution is -2.40. The summed E-state index contributed by atoms with van der Waals surface area (Å²) in [6.07, 6.45) is 1.71. The Morgan fingerprint density at radius 3 is 2.66 bits per heavy atom. The molecule has 2 N–H and O–H groups in total. The fourth-order valence-electron chi connectivity index (χ4n) is 4.37. The number of nitrogens with zero attached hydrogens (tertiary/aromatic N) is 3. The van der Waals surface area contributed by atoms with E-state index in [2.05, 4.69) is 15.4 Å². The van der Waals surface area contributed by atoms with Gasteiger partial charge in [0.15, 0.2) is 5.69 Å². The van der Waals surface area contributed by atoms with E-state index in [1.54, 1.807) is 19.1 Å². The number of anilines is 2. The highest BCUT2D eigenvalue weighted by atomic mass is 16.6. The van der Waals surface area contributed by atoms with Crippen LogP contribution < -0.4 is 10.2 Å². The van der Waals surface area contributed by atoms with Crippen LogP contribution in [0.15, 0.2) is 59.1 Å². The number of carboxylic acids is 1. The van der Waals surface area contributed by atoms with Gasteiger partial charge in [-0.1, -0.05) is 47.6 Å². The summed E-state index contributed by atoms with van der Waals surface area (Å²) in [5.41, 5.74) is 2.76. The van der Waals surface area contributed by atoms with Gasteiger partial charge in [-0.05, 0) is 49.4 Å². The van der Waals surface area contributed by atoms with Crippen molar-refractivity contribution < 1.29 is 24.0 Å². The van der Waals surface area contributed by atoms with Crippen molar-refractivity contribution in [1.82, 2.24) is 5.16 Å². The average Bonchev–Trinajstić information content (AvgIpc) is 3.27. The molecular formula is C26H26N4O5. The first-order valence-corrected chi connectivity index (χ1v) is 11.5. The molecule has 35 heavy (non-hydrogen) atoms. The molecule has 1 aromatic heterocycles. The Morgan fingerprint density at radius 1 is 1.23 bits per heavy atom. The van der Waals surface area contributed by atoms with Crippen LogP contribution in [-0.4, -0.2) is 34.9 Å². The molecule has 1 aliphatic heterocycles. The molecule has 9 heteroatoms. The molecule has 0 saturated carbocycles. The summed E-state index contributed by atoms with van der Waals surface area (Å²) < 4.78 is 10.7. The van der Waals surface area contributed by atoms with E-state index in [1.165, 1.54) is 0 Å². The van der Waals surface area contributed by atoms with Crippen molar-refractivity contribution >= 4 is 23.6 Å². The molecule has 1 saturated heterocycles. The fraction of sp³-hybridized carbons (Fsp3) is 0.308. The number of aliphatic carboxylic acids is 1. The molecule has 1 aliphatic rings. The second-order valence-corrected chi connectivity index (χ2v) is 8.42. The minimum atomic E-state index is -0.814. The molecule has 1 amide bonds. The maximum atomic E-state index is 12.5. The molecule has 0 bridgehead atoms. The molecule has 3 aromatic rings. The Labute approximate surface area is 202 Å². The Hall–Kier alpha value is -4.32. The molecule has 2 atom stereocenters. The average molecular weight is 475 g/mol. The first kappa shape index (κ1) is 23.8. The van der Waals surface area contributed by atoms with Crippen LogP contribution in [0.4, 0.5) is 16.4 Å². The number of carboxylic acid groups (broad SMARTS) is 1. The number of nitriles is 1. The summed E-state index contributed by atoms with van der Waals surface area (Å²) in [6, 6.07) is 18.6. The van der Waals surface area contributed by atoms with Crippen molar-refractivity contribution in [2.45, 2.75) is 44.8 Å². The third-order valence-corrected chi connectivity index (χ3v) is 6.09. The van der Waals surface area contributed by atoms with Gasteiger partial charge in [0.05, 0.1) is 12.0 Å². The lowest BCUT2D eigenvalue weighted by atomic mass is 9.97. The number of amides is 1. The minimum Gasteiger partial charge on any atom is -0.481 e. The zero-order valence-electron chi connectivity index (χ0n) is 19.3. The second kappa shape index (κ2) is 10.7. The highest BCUT2D eigenvalue weighted by Crippen LogP contribution is 2.34. The van der Waals surface area contributed by atoms with E-state index in [9.17, 15) is 20.0 Å². The van der Waals surface area contributed by atoms with Crippen LogP contribution in [0.3, 0.4) is 0 Å². The van der Waals surface area contributed by atoms with Crippen LogP contribution in [0.1, 0.15) is 50.0 Å². The van der Waals surface area contributed by atoms with Crippen LogP contribution in [0.2, 0.25) is 0 Å². The van der Waals surface area contributed by atoms with Crippen LogP contribution in [0.5, 0.6) is 0 Å². The molecule has 4 rings (SSSR count). The Morgan fingerprint density at radius 2 is 1.97 bits per heavy atom. The SMILES string of the molecule is CC(OC(=O)Nc1onc(C#N)c1-c1ccc(N2CCCCC2CC(=O)O)cc1)c1ccccc1. The summed E-state index contributed by atoms with van der Waals surface area (Å²) >= 11 is 0. The fourth-order valence-corrected chi connectivity index (χ4v) is 4.37. The molecule has 1 fully saturated rings. The maximum absolute atomic E-state index is 12.5. The van der Waals surface area contributed by atoms with Crippen LogP contribution in [0.25, 0.3) is 11.1 Å². The number of carbonyl (C=O) groups excluding carboxylic acids is 1. The van der Waals surface area contributed by atoms with Gasteiger partial charge in [0.2, 0.25) is 5.88 Å². The van der Waals surface area contributed by atoms with E-state index in [4.69, 9.17) is 9.26 Å². The molecule has 0 aliphatic carbocycles. The largest absolute Gasteiger partial charge is 0.481 e. The van der Waals surface area contributed by atoms with E-state index in [0.29, 0.717) is 11.1 Å². The number of ether oxygens (including phenoxy) is 1. The van der Waals surface area contributed by atoms with E-state index in [-0.39, 0.29) is 24.0 Å². The number of piperidine rings is 1. The Bertz CT molecular complexity index is 1220. The standard InChI is InChI=1S/C26H26N4O5/c1-17(18-7-3-2-4-8-18)34-26(33)28-25-24(22(16-27)29-35-25)19-10-12-20(13-11-19)30-14-6-5-9-21(30)15-23(31)32/h2-4,7-8,10-13,17,21H,5-6,9,14-15H2,1H3,(H,28,33)(H,31,32). The van der Waals surface area contributed by atoms with Crippen molar-refractivity contribution in [1.29, 1.82) is 5.26 Å². The Balaban J connectivity index is 1.52. The smallest absolute Gasteiger partial charge is 0.414 e. The second-order valence-electron chi connectivity index (χ2n) is 8.42. The molecular weight excluding hydrogens is 448 g/mol. The lowest BCUT2D eigenvalue weighted by Gasteiger charge is -2.37. The highest BCUT2D eigenvalue weighted by molar-refractivity contribution is 5.90. The summed E-state index contributed by atoms with van der Waals surface area (Å²) in [5, 5.41) is 25.1. The van der Waals surface area contributed by atoms with Gasteiger partial charge < -0.3 is 19.3 Å². The van der Waals surface area contributed by atoms with Crippen molar-refractivity contribution in [3.8, 4) is 17.2 Å². The third kappa shape index (κ3) is 5.61. The predicted octanol–water partition coefficient (Wildman–Crippen LogP) is 5.36. The number of aromatic nitrogens is 1. The number of rotatable bonds is 7. The third-order valence-electron chi connectivity index (χ3n) is 6.09. The molecule has 0 radical (unpaired) electrons. The summed E-state index contributed by atoms with van der Waals surface area (Å²) in [5.74, 6) is -0.799. The zero-order valence-corrected chi connectivity index (χ0v) is 19.3. The number of carbonyl (C=O) groups is 2. The quantitative estimate of drug-likeness (QED) is 0.468. The molecule has 2 aromatic carbocycles. The van der Waals surface area contributed by atoms with Gasteiger partial charge in [-0.15, -0.1) is 0 Å². The van der Waals surface area contributed by atoms with Gasteiger partial charge in [-0.3, -0.25) is 10.1 Å². The minimum absolute atomic E-state index is 0.0151. The van der Waals surface area contributed by atoms with Crippen molar-refractivity contribution in [3.05, 3.63) is 65.9 Å². The number of nitrogens with one attached hydrogen (secondary N) is 1. The van der Waals surface area contributed by atoms with Gasteiger partial charge in [-0.25, -0.2) is 4.79 Å². The van der Waals surface area contributed by atoms with Gasteiger partial charge in [0, 0.05) is 18.3 Å². The van der Waals surface area contributed by atoms with Gasteiger partial charge in [0.25, 0.3) is 0 Å². The molecule has 180 valence electrons. The van der Waals surface area contributed by atoms with Gasteiger partial charge >= 0.3 is 12.1 Å². The molecule has 9 nitrogen and oxygen atoms in total. The van der Waals surface area contributed by atoms with Crippen molar-refractivity contribution in [2.24, 2.45) is 0 Å². The number of hydrogen-bond acceptors (Lipinski definition) is 7.